The van der Waals surface area contributed by atoms with Gasteiger partial charge in [-0.2, -0.15) is 0 Å². The van der Waals surface area contributed by atoms with Crippen LogP contribution in [0.3, 0.4) is 0 Å². The van der Waals surface area contributed by atoms with Gasteiger partial charge in [-0.05, 0) is 176 Å². The fraction of sp³-hybridized carbons (Fsp3) is 0.147. The molecule has 0 fully saturated rings. The lowest BCUT2D eigenvalue weighted by molar-refractivity contribution is 0.490. The molecule has 0 aromatic heterocycles. The zero-order chi connectivity index (χ0) is 45.7. The van der Waals surface area contributed by atoms with Crippen LogP contribution < -0.4 is 0 Å². The molecule has 326 valence electrons. The zero-order valence-corrected chi connectivity index (χ0v) is 39.5. The van der Waals surface area contributed by atoms with E-state index in [-0.39, 0.29) is 10.8 Å². The summed E-state index contributed by atoms with van der Waals surface area (Å²) in [6.45, 7) is 9.55. The number of rotatable bonds is 8. The van der Waals surface area contributed by atoms with E-state index in [1.165, 1.54) is 132 Å². The summed E-state index contributed by atoms with van der Waals surface area (Å²) in [5.41, 5.74) is 21.6. The second-order valence-corrected chi connectivity index (χ2v) is 19.5. The third kappa shape index (κ3) is 5.55. The minimum Gasteiger partial charge on any atom is -0.0642 e. The van der Waals surface area contributed by atoms with E-state index in [1.54, 1.807) is 0 Å². The average Bonchev–Trinajstić information content (AvgIpc) is 3.85. The highest BCUT2D eigenvalue weighted by molar-refractivity contribution is 6.23. The summed E-state index contributed by atoms with van der Waals surface area (Å²) >= 11 is 0. The molecule has 2 aliphatic rings. The van der Waals surface area contributed by atoms with Gasteiger partial charge in [0.2, 0.25) is 0 Å². The predicted molar refractivity (Wildman–Crippen MR) is 292 cm³/mol. The van der Waals surface area contributed by atoms with Gasteiger partial charge in [-0.25, -0.2) is 0 Å². The molecule has 0 spiro atoms. The van der Waals surface area contributed by atoms with Crippen molar-refractivity contribution in [2.45, 2.75) is 64.2 Å². The van der Waals surface area contributed by atoms with Gasteiger partial charge >= 0.3 is 0 Å². The topological polar surface area (TPSA) is 0 Å². The molecule has 0 heterocycles. The summed E-state index contributed by atoms with van der Waals surface area (Å²) < 4.78 is 0. The molecule has 2 aliphatic carbocycles. The van der Waals surface area contributed by atoms with Crippen molar-refractivity contribution >= 4 is 43.1 Å². The van der Waals surface area contributed by atoms with Gasteiger partial charge in [0.1, 0.15) is 0 Å². The summed E-state index contributed by atoms with van der Waals surface area (Å²) in [5, 5.41) is 10.4. The Kier molecular flexibility index (Phi) is 9.29. The smallest absolute Gasteiger partial charge is 0.0210 e. The Balaban J connectivity index is 0.988. The van der Waals surface area contributed by atoms with Crippen LogP contribution in [0.15, 0.2) is 206 Å². The van der Waals surface area contributed by atoms with Gasteiger partial charge in [0.25, 0.3) is 0 Å². The lowest BCUT2D eigenvalue weighted by Gasteiger charge is -2.31. The average molecular weight is 871 g/mol. The van der Waals surface area contributed by atoms with Crippen molar-refractivity contribution in [1.82, 2.24) is 0 Å². The van der Waals surface area contributed by atoms with Gasteiger partial charge in [-0.1, -0.05) is 216 Å². The Morgan fingerprint density at radius 3 is 0.838 bits per heavy atom. The summed E-state index contributed by atoms with van der Waals surface area (Å²) in [7, 11) is 0. The third-order valence-electron chi connectivity index (χ3n) is 16.8. The second-order valence-electron chi connectivity index (χ2n) is 19.5. The van der Waals surface area contributed by atoms with E-state index in [2.05, 4.69) is 234 Å². The highest BCUT2D eigenvalue weighted by Gasteiger charge is 2.42. The minimum atomic E-state index is -0.134. The lowest BCUT2D eigenvalue weighted by atomic mass is 9.72. The Labute approximate surface area is 400 Å². The molecule has 0 saturated carbocycles. The Hall–Kier alpha value is -7.54. The van der Waals surface area contributed by atoms with Crippen LogP contribution in [0.4, 0.5) is 0 Å². The van der Waals surface area contributed by atoms with Gasteiger partial charge < -0.3 is 0 Å². The molecule has 0 amide bonds. The highest BCUT2D eigenvalue weighted by Crippen LogP contribution is 2.57. The predicted octanol–water partition coefficient (Wildman–Crippen LogP) is 19.1. The molecule has 68 heavy (non-hydrogen) atoms. The number of hydrogen-bond acceptors (Lipinski definition) is 0. The van der Waals surface area contributed by atoms with Crippen LogP contribution in [-0.2, 0) is 10.8 Å². The monoisotopic (exact) mass is 870 g/mol. The molecule has 0 heteroatoms. The zero-order valence-electron chi connectivity index (χ0n) is 39.5. The van der Waals surface area contributed by atoms with E-state index in [1.807, 2.05) is 0 Å². The number of hydrogen-bond donors (Lipinski definition) is 0. The first-order valence-electron chi connectivity index (χ1n) is 25.0. The Morgan fingerprint density at radius 1 is 0.235 bits per heavy atom. The molecule has 0 nitrogen and oxygen atoms in total. The first-order chi connectivity index (χ1) is 33.5. The van der Waals surface area contributed by atoms with E-state index < -0.39 is 0 Å². The highest BCUT2D eigenvalue weighted by atomic mass is 14.5. The molecule has 0 N–H and O–H groups in total. The molecule has 13 rings (SSSR count). The molecule has 11 aromatic rings. The van der Waals surface area contributed by atoms with Crippen molar-refractivity contribution in [2.75, 3.05) is 0 Å². The normalized spacial score (nSPS) is 14.1. The van der Waals surface area contributed by atoms with Gasteiger partial charge in [0.15, 0.2) is 0 Å². The summed E-state index contributed by atoms with van der Waals surface area (Å²) in [6, 6.07) is 78.7. The van der Waals surface area contributed by atoms with Crippen LogP contribution in [0, 0.1) is 0 Å². The molecule has 11 aromatic carbocycles. The molecule has 0 bridgehead atoms. The quantitative estimate of drug-likeness (QED) is 0.133. The Morgan fingerprint density at radius 2 is 0.500 bits per heavy atom. The molecular weight excluding hydrogens is 817 g/mol. The second kappa shape index (κ2) is 15.5. The van der Waals surface area contributed by atoms with E-state index in [0.717, 1.165) is 25.7 Å². The minimum absolute atomic E-state index is 0.00979. The van der Waals surface area contributed by atoms with Crippen molar-refractivity contribution in [1.29, 1.82) is 0 Å². The van der Waals surface area contributed by atoms with Crippen molar-refractivity contribution in [2.24, 2.45) is 0 Å². The standard InChI is InChI=1S/C68H54/c1-5-67(6-2)59-33-21-20-24-47(59)48-37-34-44(40-60(48)67)65-55-29-16-18-31-57(55)66(58-32-19-17-30-56(58)65)46-36-39-50-49-38-35-45(41-61(49)68(7-3,8-4)62(50)42-46)64-53-27-14-12-25-51(53)63(43-22-10-9-11-23-43)52-26-13-15-28-54(52)64/h9-42H,5-8H2,1-4H3. The van der Waals surface area contributed by atoms with Crippen LogP contribution in [0.1, 0.15) is 75.6 Å². The summed E-state index contributed by atoms with van der Waals surface area (Å²) in [4.78, 5) is 0. The maximum absolute atomic E-state index is 2.58. The Bertz CT molecular complexity index is 3720. The first kappa shape index (κ1) is 40.7. The van der Waals surface area contributed by atoms with Crippen molar-refractivity contribution in [3.05, 3.63) is 229 Å². The van der Waals surface area contributed by atoms with Gasteiger partial charge in [0.05, 0.1) is 0 Å². The van der Waals surface area contributed by atoms with Crippen LogP contribution in [0.2, 0.25) is 0 Å². The van der Waals surface area contributed by atoms with Crippen LogP contribution in [0.25, 0.3) is 110 Å². The van der Waals surface area contributed by atoms with Crippen molar-refractivity contribution in [3.8, 4) is 66.8 Å². The van der Waals surface area contributed by atoms with Crippen LogP contribution in [-0.4, -0.2) is 0 Å². The molecule has 0 unspecified atom stereocenters. The van der Waals surface area contributed by atoms with Gasteiger partial charge in [-0.3, -0.25) is 0 Å². The van der Waals surface area contributed by atoms with Crippen molar-refractivity contribution in [3.63, 3.8) is 0 Å². The number of benzene rings is 11. The van der Waals surface area contributed by atoms with E-state index in [4.69, 9.17) is 0 Å². The van der Waals surface area contributed by atoms with Crippen molar-refractivity contribution < 1.29 is 0 Å². The summed E-state index contributed by atoms with van der Waals surface area (Å²) in [6.07, 6.45) is 4.19. The van der Waals surface area contributed by atoms with E-state index in [0.29, 0.717) is 0 Å². The fourth-order valence-electron chi connectivity index (χ4n) is 13.5. The largest absolute Gasteiger partial charge is 0.0642 e. The number of fused-ring (bicyclic) bond motifs is 10. The molecule has 0 atom stereocenters. The maximum atomic E-state index is 2.58. The third-order valence-corrected chi connectivity index (χ3v) is 16.8. The van der Waals surface area contributed by atoms with Crippen LogP contribution in [0.5, 0.6) is 0 Å². The SMILES string of the molecule is CCC1(CC)c2ccccc2-c2ccc(-c3c4ccccc4c(-c4ccc5c(c4)C(CC)(CC)c4cc(-c6c7ccccc7c(-c7ccccc7)c7ccccc67)ccc4-5)c4ccccc34)cc21. The molecular formula is C68H54. The molecule has 0 radical (unpaired) electrons. The van der Waals surface area contributed by atoms with E-state index >= 15 is 0 Å². The molecule has 0 aliphatic heterocycles. The fourth-order valence-corrected chi connectivity index (χ4v) is 13.5. The lowest BCUT2D eigenvalue weighted by Crippen LogP contribution is -2.23. The maximum Gasteiger partial charge on any atom is 0.0210 e. The van der Waals surface area contributed by atoms with E-state index in [9.17, 15) is 0 Å². The van der Waals surface area contributed by atoms with Gasteiger partial charge in [-0.15, -0.1) is 0 Å². The molecule has 0 saturated heterocycles. The van der Waals surface area contributed by atoms with Gasteiger partial charge in [0, 0.05) is 10.8 Å². The summed E-state index contributed by atoms with van der Waals surface area (Å²) in [5.74, 6) is 0. The van der Waals surface area contributed by atoms with Crippen LogP contribution >= 0.6 is 0 Å². The first-order valence-corrected chi connectivity index (χ1v) is 25.0.